The Morgan fingerprint density at radius 3 is 2.35 bits per heavy atom. The number of ether oxygens (including phenoxy) is 3. The van der Waals surface area contributed by atoms with Crippen molar-refractivity contribution >= 4 is 42.0 Å². The van der Waals surface area contributed by atoms with Gasteiger partial charge in [0.05, 0.1) is 0 Å². The molecule has 202 valence electrons. The van der Waals surface area contributed by atoms with Crippen molar-refractivity contribution in [2.75, 3.05) is 19.6 Å². The fraction of sp³-hybridized carbons (Fsp3) is 0.423. The molecule has 0 bridgehead atoms. The smallest absolute Gasteiger partial charge is 0.412 e. The summed E-state index contributed by atoms with van der Waals surface area (Å²) in [4.78, 5) is 38.4. The summed E-state index contributed by atoms with van der Waals surface area (Å²) in [5.74, 6) is -0.368. The first kappa shape index (κ1) is 30.2. The normalized spacial score (nSPS) is 15.8. The first-order valence-corrected chi connectivity index (χ1v) is 12.2. The summed E-state index contributed by atoms with van der Waals surface area (Å²) < 4.78 is 16.3. The van der Waals surface area contributed by atoms with E-state index in [1.165, 1.54) is 11.8 Å². The second-order valence-electron chi connectivity index (χ2n) is 9.12. The fourth-order valence-corrected chi connectivity index (χ4v) is 3.70. The molecule has 1 aliphatic heterocycles. The van der Waals surface area contributed by atoms with Gasteiger partial charge in [0.25, 0.3) is 5.91 Å². The highest BCUT2D eigenvalue weighted by atomic mass is 35.5. The zero-order valence-corrected chi connectivity index (χ0v) is 22.6. The number of halogens is 2. The molecule has 2 amide bonds. The number of benzene rings is 2. The number of amides is 2. The van der Waals surface area contributed by atoms with Crippen LogP contribution < -0.4 is 15.8 Å². The summed E-state index contributed by atoms with van der Waals surface area (Å²) in [6, 6.07) is 13.8. The molecule has 2 aromatic rings. The Morgan fingerprint density at radius 2 is 1.76 bits per heavy atom. The van der Waals surface area contributed by atoms with Crippen molar-refractivity contribution in [2.24, 2.45) is 5.73 Å². The van der Waals surface area contributed by atoms with Crippen molar-refractivity contribution in [1.82, 2.24) is 10.2 Å². The SMILES string of the molecule is CC(OC(=O)N1CC[C@@H](N)C1)OC(=O)C(C)(C)Oc1ccc(CCNC(=O)c2ccc(Cl)cc2)cc1.Cl. The molecule has 0 saturated carbocycles. The maximum absolute atomic E-state index is 12.6. The molecule has 3 N–H and O–H groups in total. The Hall–Kier alpha value is -3.01. The van der Waals surface area contributed by atoms with Gasteiger partial charge in [0.1, 0.15) is 5.75 Å². The number of rotatable bonds is 9. The van der Waals surface area contributed by atoms with Crippen molar-refractivity contribution in [2.45, 2.75) is 51.5 Å². The standard InChI is InChI=1S/C26H32ClN3O6.ClH/c1-17(35-25(33)30-15-13-21(28)16-30)34-24(32)26(2,3)36-22-10-4-18(5-11-22)12-14-29-23(31)19-6-8-20(27)9-7-19;/h4-11,17,21H,12-16,28H2,1-3H3,(H,29,31);1H/t17?,21-;/m1./s1. The van der Waals surface area contributed by atoms with E-state index in [-0.39, 0.29) is 24.4 Å². The summed E-state index contributed by atoms with van der Waals surface area (Å²) in [5, 5.41) is 3.44. The zero-order valence-electron chi connectivity index (χ0n) is 21.1. The first-order valence-electron chi connectivity index (χ1n) is 11.8. The molecule has 1 saturated heterocycles. The molecule has 1 unspecified atom stereocenters. The van der Waals surface area contributed by atoms with E-state index in [1.54, 1.807) is 50.2 Å². The van der Waals surface area contributed by atoms with E-state index in [0.717, 1.165) is 5.56 Å². The molecule has 1 aliphatic rings. The molecule has 9 nitrogen and oxygen atoms in total. The van der Waals surface area contributed by atoms with Crippen LogP contribution in [-0.2, 0) is 20.7 Å². The summed E-state index contributed by atoms with van der Waals surface area (Å²) in [6.45, 7) is 6.01. The Kier molecular flexibility index (Phi) is 11.0. The summed E-state index contributed by atoms with van der Waals surface area (Å²) in [5.41, 5.74) is 6.02. The third kappa shape index (κ3) is 9.10. The monoisotopic (exact) mass is 553 g/mol. The van der Waals surface area contributed by atoms with Crippen LogP contribution in [0.25, 0.3) is 0 Å². The van der Waals surface area contributed by atoms with E-state index >= 15 is 0 Å². The fourth-order valence-electron chi connectivity index (χ4n) is 3.57. The molecule has 2 aromatic carbocycles. The van der Waals surface area contributed by atoms with Gasteiger partial charge in [-0.15, -0.1) is 12.4 Å². The number of esters is 1. The molecule has 0 aliphatic carbocycles. The van der Waals surface area contributed by atoms with Gasteiger partial charge in [-0.2, -0.15) is 0 Å². The van der Waals surface area contributed by atoms with E-state index in [4.69, 9.17) is 31.5 Å². The van der Waals surface area contributed by atoms with Crippen molar-refractivity contribution in [3.8, 4) is 5.75 Å². The van der Waals surface area contributed by atoms with Crippen molar-refractivity contribution in [3.63, 3.8) is 0 Å². The molecule has 0 spiro atoms. The highest BCUT2D eigenvalue weighted by Crippen LogP contribution is 2.21. The van der Waals surface area contributed by atoms with Crippen LogP contribution in [0.15, 0.2) is 48.5 Å². The number of carbonyl (C=O) groups excluding carboxylic acids is 3. The van der Waals surface area contributed by atoms with E-state index in [2.05, 4.69) is 5.32 Å². The quantitative estimate of drug-likeness (QED) is 0.356. The molecular formula is C26H33Cl2N3O6. The summed E-state index contributed by atoms with van der Waals surface area (Å²) in [7, 11) is 0. The largest absolute Gasteiger partial charge is 0.476 e. The van der Waals surface area contributed by atoms with Crippen molar-refractivity contribution in [3.05, 3.63) is 64.7 Å². The number of carbonyl (C=O) groups is 3. The predicted molar refractivity (Wildman–Crippen MR) is 142 cm³/mol. The molecule has 1 heterocycles. The lowest BCUT2D eigenvalue weighted by Gasteiger charge is -2.27. The Balaban J connectivity index is 0.00000481. The molecule has 3 rings (SSSR count). The maximum Gasteiger partial charge on any atom is 0.412 e. The van der Waals surface area contributed by atoms with Crippen LogP contribution >= 0.6 is 24.0 Å². The van der Waals surface area contributed by atoms with E-state index in [9.17, 15) is 14.4 Å². The molecule has 37 heavy (non-hydrogen) atoms. The highest BCUT2D eigenvalue weighted by molar-refractivity contribution is 6.30. The molecule has 0 aromatic heterocycles. The van der Waals surface area contributed by atoms with E-state index in [0.29, 0.717) is 48.8 Å². The maximum atomic E-state index is 12.6. The lowest BCUT2D eigenvalue weighted by atomic mass is 10.1. The molecule has 1 fully saturated rings. The Bertz CT molecular complexity index is 1060. The number of nitrogens with zero attached hydrogens (tertiary/aromatic N) is 1. The second-order valence-corrected chi connectivity index (χ2v) is 9.56. The molecule has 2 atom stereocenters. The Labute approximate surface area is 228 Å². The summed E-state index contributed by atoms with van der Waals surface area (Å²) in [6.07, 6.45) is -0.311. The van der Waals surface area contributed by atoms with Gasteiger partial charge in [0.15, 0.2) is 5.60 Å². The molecule has 0 radical (unpaired) electrons. The van der Waals surface area contributed by atoms with Crippen LogP contribution in [0.5, 0.6) is 5.75 Å². The lowest BCUT2D eigenvalue weighted by molar-refractivity contribution is -0.181. The molecular weight excluding hydrogens is 521 g/mol. The van der Waals surface area contributed by atoms with E-state index in [1.807, 2.05) is 12.1 Å². The van der Waals surface area contributed by atoms with Gasteiger partial charge in [0.2, 0.25) is 6.29 Å². The van der Waals surface area contributed by atoms with Gasteiger partial charge >= 0.3 is 12.1 Å². The Morgan fingerprint density at radius 1 is 1.11 bits per heavy atom. The minimum Gasteiger partial charge on any atom is -0.476 e. The minimum absolute atomic E-state index is 0. The van der Waals surface area contributed by atoms with Crippen LogP contribution in [0.3, 0.4) is 0 Å². The average Bonchev–Trinajstić information content (AvgIpc) is 3.26. The van der Waals surface area contributed by atoms with Gasteiger partial charge in [-0.1, -0.05) is 23.7 Å². The summed E-state index contributed by atoms with van der Waals surface area (Å²) >= 11 is 5.85. The second kappa shape index (κ2) is 13.5. The van der Waals surface area contributed by atoms with Gasteiger partial charge in [0, 0.05) is 43.2 Å². The predicted octanol–water partition coefficient (Wildman–Crippen LogP) is 3.95. The van der Waals surface area contributed by atoms with Gasteiger partial charge in [-0.3, -0.25) is 4.79 Å². The van der Waals surface area contributed by atoms with Gasteiger partial charge in [-0.05, 0) is 68.7 Å². The van der Waals surface area contributed by atoms with Gasteiger partial charge in [-0.25, -0.2) is 9.59 Å². The number of likely N-dealkylation sites (tertiary alicyclic amines) is 1. The first-order chi connectivity index (χ1) is 17.0. The average molecular weight is 554 g/mol. The minimum atomic E-state index is -1.31. The van der Waals surface area contributed by atoms with Crippen LogP contribution in [0.4, 0.5) is 4.79 Å². The van der Waals surface area contributed by atoms with Gasteiger partial charge < -0.3 is 30.2 Å². The third-order valence-corrected chi connectivity index (χ3v) is 5.87. The van der Waals surface area contributed by atoms with Crippen LogP contribution in [0.1, 0.15) is 43.1 Å². The van der Waals surface area contributed by atoms with Crippen LogP contribution in [0, 0.1) is 0 Å². The van der Waals surface area contributed by atoms with E-state index < -0.39 is 24.0 Å². The topological polar surface area (TPSA) is 120 Å². The lowest BCUT2D eigenvalue weighted by Crippen LogP contribution is -2.42. The van der Waals surface area contributed by atoms with Crippen LogP contribution in [0.2, 0.25) is 5.02 Å². The van der Waals surface area contributed by atoms with Crippen molar-refractivity contribution < 1.29 is 28.6 Å². The van der Waals surface area contributed by atoms with Crippen LogP contribution in [-0.4, -0.2) is 60.4 Å². The third-order valence-electron chi connectivity index (χ3n) is 5.62. The number of hydrogen-bond acceptors (Lipinski definition) is 7. The number of nitrogens with one attached hydrogen (secondary N) is 1. The molecule has 11 heteroatoms. The number of hydrogen-bond donors (Lipinski definition) is 2. The highest BCUT2D eigenvalue weighted by Gasteiger charge is 2.34. The van der Waals surface area contributed by atoms with Crippen molar-refractivity contribution in [1.29, 1.82) is 0 Å². The number of nitrogens with two attached hydrogens (primary N) is 1. The zero-order chi connectivity index (χ0) is 26.3.